The van der Waals surface area contributed by atoms with E-state index in [1.54, 1.807) is 12.4 Å². The molecule has 0 amide bonds. The van der Waals surface area contributed by atoms with Crippen molar-refractivity contribution in [3.8, 4) is 0 Å². The molecule has 1 aliphatic heterocycles. The second-order valence-corrected chi connectivity index (χ2v) is 6.33. The third-order valence-corrected chi connectivity index (χ3v) is 4.72. The van der Waals surface area contributed by atoms with Crippen molar-refractivity contribution >= 4 is 5.97 Å². The maximum atomic E-state index is 11.8. The summed E-state index contributed by atoms with van der Waals surface area (Å²) in [6.07, 6.45) is 6.91. The predicted molar refractivity (Wildman–Crippen MR) is 91.6 cm³/mol. The summed E-state index contributed by atoms with van der Waals surface area (Å²) in [5.41, 5.74) is 3.01. The molecular formula is C19H23N3O2. The Kier molecular flexibility index (Phi) is 5.20. The zero-order valence-corrected chi connectivity index (χ0v) is 13.9. The monoisotopic (exact) mass is 325 g/mol. The fourth-order valence-electron chi connectivity index (χ4n) is 3.53. The zero-order valence-electron chi connectivity index (χ0n) is 13.9. The molecule has 1 N–H and O–H groups in total. The third kappa shape index (κ3) is 3.62. The minimum absolute atomic E-state index is 0.0671. The van der Waals surface area contributed by atoms with Crippen molar-refractivity contribution in [1.82, 2.24) is 14.9 Å². The average molecular weight is 325 g/mol. The highest BCUT2D eigenvalue weighted by molar-refractivity contribution is 5.73. The van der Waals surface area contributed by atoms with Gasteiger partial charge in [0.15, 0.2) is 0 Å². The van der Waals surface area contributed by atoms with Crippen molar-refractivity contribution in [1.29, 1.82) is 0 Å². The van der Waals surface area contributed by atoms with E-state index in [0.717, 1.165) is 36.3 Å². The van der Waals surface area contributed by atoms with Crippen LogP contribution in [-0.2, 0) is 11.2 Å². The molecule has 0 aliphatic carbocycles. The van der Waals surface area contributed by atoms with Gasteiger partial charge >= 0.3 is 5.97 Å². The van der Waals surface area contributed by atoms with Gasteiger partial charge in [-0.25, -0.2) is 0 Å². The summed E-state index contributed by atoms with van der Waals surface area (Å²) in [5.74, 6) is -0.741. The Labute approximate surface area is 142 Å². The predicted octanol–water partition coefficient (Wildman–Crippen LogP) is 3.01. The number of rotatable bonds is 5. The number of piperidine rings is 1. The third-order valence-electron chi connectivity index (χ3n) is 4.72. The van der Waals surface area contributed by atoms with Crippen LogP contribution in [0.3, 0.4) is 0 Å². The Balaban J connectivity index is 1.97. The molecule has 2 atom stereocenters. The quantitative estimate of drug-likeness (QED) is 0.915. The molecule has 2 aromatic rings. The number of carboxylic acid groups (broad SMARTS) is 1. The Morgan fingerprint density at radius 1 is 1.25 bits per heavy atom. The number of aromatic nitrogens is 2. The number of carbonyl (C=O) groups is 1. The molecule has 0 bridgehead atoms. The SMILES string of the molecule is Cc1cccnc1C(Cc1ccccn1)N1CCCCC1C(=O)O. The minimum Gasteiger partial charge on any atom is -0.480 e. The van der Waals surface area contributed by atoms with E-state index in [1.165, 1.54) is 0 Å². The molecule has 1 fully saturated rings. The van der Waals surface area contributed by atoms with Crippen molar-refractivity contribution in [3.05, 3.63) is 59.7 Å². The maximum Gasteiger partial charge on any atom is 0.320 e. The van der Waals surface area contributed by atoms with Gasteiger partial charge in [-0.15, -0.1) is 0 Å². The van der Waals surface area contributed by atoms with Crippen molar-refractivity contribution in [2.75, 3.05) is 6.54 Å². The first-order valence-corrected chi connectivity index (χ1v) is 8.47. The van der Waals surface area contributed by atoms with Crippen LogP contribution in [0.4, 0.5) is 0 Å². The van der Waals surface area contributed by atoms with E-state index in [9.17, 15) is 9.90 Å². The maximum absolute atomic E-state index is 11.8. The van der Waals surface area contributed by atoms with E-state index in [4.69, 9.17) is 0 Å². The van der Waals surface area contributed by atoms with Gasteiger partial charge < -0.3 is 5.11 Å². The van der Waals surface area contributed by atoms with Gasteiger partial charge in [0.2, 0.25) is 0 Å². The molecule has 3 heterocycles. The molecule has 1 saturated heterocycles. The number of pyridine rings is 2. The molecular weight excluding hydrogens is 302 g/mol. The van der Waals surface area contributed by atoms with Crippen molar-refractivity contribution in [2.24, 2.45) is 0 Å². The molecule has 0 aromatic carbocycles. The van der Waals surface area contributed by atoms with Crippen LogP contribution in [-0.4, -0.2) is 38.5 Å². The molecule has 0 spiro atoms. The standard InChI is InChI=1S/C19H23N3O2/c1-14-7-6-11-21-18(14)17(13-15-8-2-4-10-20-15)22-12-5-3-9-16(22)19(23)24/h2,4,6-8,10-11,16-17H,3,5,9,12-13H2,1H3,(H,23,24). The van der Waals surface area contributed by atoms with Gasteiger partial charge in [0, 0.05) is 24.5 Å². The highest BCUT2D eigenvalue weighted by atomic mass is 16.4. The lowest BCUT2D eigenvalue weighted by atomic mass is 9.94. The average Bonchev–Trinajstić information content (AvgIpc) is 2.61. The van der Waals surface area contributed by atoms with E-state index < -0.39 is 12.0 Å². The summed E-state index contributed by atoms with van der Waals surface area (Å²) in [4.78, 5) is 22.9. The van der Waals surface area contributed by atoms with Crippen LogP contribution in [0.2, 0.25) is 0 Å². The highest BCUT2D eigenvalue weighted by Crippen LogP contribution is 2.31. The van der Waals surface area contributed by atoms with Gasteiger partial charge in [0.05, 0.1) is 11.7 Å². The largest absolute Gasteiger partial charge is 0.480 e. The number of likely N-dealkylation sites (tertiary alicyclic amines) is 1. The number of aryl methyl sites for hydroxylation is 1. The highest BCUT2D eigenvalue weighted by Gasteiger charge is 2.35. The van der Waals surface area contributed by atoms with E-state index >= 15 is 0 Å². The summed E-state index contributed by atoms with van der Waals surface area (Å²) in [5, 5.41) is 9.66. The number of hydrogen-bond donors (Lipinski definition) is 1. The van der Waals surface area contributed by atoms with Crippen LogP contribution in [0.15, 0.2) is 42.7 Å². The van der Waals surface area contributed by atoms with E-state index in [2.05, 4.69) is 14.9 Å². The summed E-state index contributed by atoms with van der Waals surface area (Å²) in [6, 6.07) is 9.29. The number of hydrogen-bond acceptors (Lipinski definition) is 4. The molecule has 5 nitrogen and oxygen atoms in total. The number of nitrogens with zero attached hydrogens (tertiary/aromatic N) is 3. The lowest BCUT2D eigenvalue weighted by Crippen LogP contribution is -2.47. The molecule has 0 saturated carbocycles. The van der Waals surface area contributed by atoms with E-state index in [-0.39, 0.29) is 6.04 Å². The molecule has 3 rings (SSSR count). The van der Waals surface area contributed by atoms with Crippen molar-refractivity contribution < 1.29 is 9.90 Å². The van der Waals surface area contributed by atoms with Crippen LogP contribution in [0.25, 0.3) is 0 Å². The lowest BCUT2D eigenvalue weighted by molar-refractivity contribution is -0.146. The summed E-state index contributed by atoms with van der Waals surface area (Å²) < 4.78 is 0. The van der Waals surface area contributed by atoms with Crippen LogP contribution >= 0.6 is 0 Å². The van der Waals surface area contributed by atoms with Gasteiger partial charge in [-0.05, 0) is 50.1 Å². The molecule has 1 aliphatic rings. The molecule has 24 heavy (non-hydrogen) atoms. The van der Waals surface area contributed by atoms with Crippen molar-refractivity contribution in [3.63, 3.8) is 0 Å². The normalized spacial score (nSPS) is 19.8. The first-order valence-electron chi connectivity index (χ1n) is 8.47. The van der Waals surface area contributed by atoms with Crippen LogP contribution in [0.1, 0.15) is 42.3 Å². The Morgan fingerprint density at radius 2 is 2.08 bits per heavy atom. The first-order chi connectivity index (χ1) is 11.7. The van der Waals surface area contributed by atoms with E-state index in [0.29, 0.717) is 12.8 Å². The van der Waals surface area contributed by atoms with Crippen LogP contribution < -0.4 is 0 Å². The number of carboxylic acids is 1. The first kappa shape index (κ1) is 16.6. The molecule has 2 aromatic heterocycles. The van der Waals surface area contributed by atoms with Gasteiger partial charge in [-0.1, -0.05) is 18.6 Å². The van der Waals surface area contributed by atoms with Gasteiger partial charge in [0.1, 0.15) is 6.04 Å². The number of aliphatic carboxylic acids is 1. The van der Waals surface area contributed by atoms with Gasteiger partial charge in [-0.3, -0.25) is 19.7 Å². The molecule has 2 unspecified atom stereocenters. The lowest BCUT2D eigenvalue weighted by Gasteiger charge is -2.39. The zero-order chi connectivity index (χ0) is 16.9. The molecule has 126 valence electrons. The van der Waals surface area contributed by atoms with Gasteiger partial charge in [-0.2, -0.15) is 0 Å². The fraction of sp³-hybridized carbons (Fsp3) is 0.421. The van der Waals surface area contributed by atoms with Crippen LogP contribution in [0.5, 0.6) is 0 Å². The molecule has 0 radical (unpaired) electrons. The Morgan fingerprint density at radius 3 is 2.79 bits per heavy atom. The second-order valence-electron chi connectivity index (χ2n) is 6.33. The van der Waals surface area contributed by atoms with Crippen molar-refractivity contribution in [2.45, 2.75) is 44.7 Å². The summed E-state index contributed by atoms with van der Waals surface area (Å²) in [6.45, 7) is 2.82. The Hall–Kier alpha value is -2.27. The molecule has 5 heteroatoms. The van der Waals surface area contributed by atoms with Gasteiger partial charge in [0.25, 0.3) is 0 Å². The Bertz CT molecular complexity index is 690. The fourth-order valence-corrected chi connectivity index (χ4v) is 3.53. The van der Waals surface area contributed by atoms with E-state index in [1.807, 2.05) is 37.3 Å². The topological polar surface area (TPSA) is 66.3 Å². The summed E-state index contributed by atoms with van der Waals surface area (Å²) in [7, 11) is 0. The van der Waals surface area contributed by atoms with Crippen LogP contribution in [0, 0.1) is 6.92 Å². The smallest absolute Gasteiger partial charge is 0.320 e. The minimum atomic E-state index is -0.741. The summed E-state index contributed by atoms with van der Waals surface area (Å²) >= 11 is 0. The second kappa shape index (κ2) is 7.53.